The lowest BCUT2D eigenvalue weighted by Gasteiger charge is -2.28. The van der Waals surface area contributed by atoms with Crippen molar-refractivity contribution in [3.8, 4) is 29.1 Å². The van der Waals surface area contributed by atoms with E-state index in [1.807, 2.05) is 0 Å². The van der Waals surface area contributed by atoms with Crippen LogP contribution in [-0.4, -0.2) is 57.9 Å². The van der Waals surface area contributed by atoms with Gasteiger partial charge in [-0.1, -0.05) is 24.3 Å². The first kappa shape index (κ1) is 27.3. The van der Waals surface area contributed by atoms with Crippen molar-refractivity contribution in [1.82, 2.24) is 9.47 Å². The number of carbonyl (C=O) groups excluding carboxylic acids is 1. The number of carbonyl (C=O) groups is 1. The number of ether oxygens (including phenoxy) is 4. The largest absolute Gasteiger partial charge is 0.493 e. The molecule has 1 amide bonds. The molecule has 1 unspecified atom stereocenters. The summed E-state index contributed by atoms with van der Waals surface area (Å²) >= 11 is 1.10. The van der Waals surface area contributed by atoms with Gasteiger partial charge in [0.05, 0.1) is 56.1 Å². The molecule has 1 aliphatic rings. The minimum Gasteiger partial charge on any atom is -0.493 e. The highest BCUT2D eigenvalue weighted by molar-refractivity contribution is 7.07. The number of para-hydroxylation sites is 2. The number of fused-ring (bicyclic) bond motifs is 1. The maximum absolute atomic E-state index is 13.7. The highest BCUT2D eigenvalue weighted by Crippen LogP contribution is 2.44. The van der Waals surface area contributed by atoms with Gasteiger partial charge in [-0.25, -0.2) is 0 Å². The molecule has 0 saturated carbocycles. The second kappa shape index (κ2) is 11.0. The number of hydrogen-bond acceptors (Lipinski definition) is 9. The average molecular weight is 549 g/mol. The number of nitrogens with two attached hydrogens (primary N) is 1. The van der Waals surface area contributed by atoms with Gasteiger partial charge in [0.2, 0.25) is 0 Å². The van der Waals surface area contributed by atoms with E-state index in [2.05, 4.69) is 6.07 Å². The van der Waals surface area contributed by atoms with Crippen LogP contribution < -0.4 is 39.4 Å². The zero-order chi connectivity index (χ0) is 28.4. The number of allylic oxidation sites excluding steroid dienone is 1. The molecule has 1 atom stereocenters. The molecule has 2 N–H and O–H groups in total. The maximum Gasteiger partial charge on any atom is 0.274 e. The predicted octanol–water partition coefficient (Wildman–Crippen LogP) is 1.46. The minimum absolute atomic E-state index is 0.0460. The molecule has 11 heteroatoms. The van der Waals surface area contributed by atoms with Crippen LogP contribution in [0.5, 0.6) is 23.0 Å². The lowest BCUT2D eigenvalue weighted by Crippen LogP contribution is -2.41. The van der Waals surface area contributed by atoms with E-state index in [9.17, 15) is 14.9 Å². The third-order valence-electron chi connectivity index (χ3n) is 6.37. The molecule has 0 saturated heterocycles. The molecule has 1 aromatic heterocycles. The Morgan fingerprint density at radius 3 is 2.21 bits per heavy atom. The van der Waals surface area contributed by atoms with E-state index in [-0.39, 0.29) is 22.9 Å². The molecule has 0 aliphatic carbocycles. The van der Waals surface area contributed by atoms with Crippen molar-refractivity contribution in [2.24, 2.45) is 5.73 Å². The summed E-state index contributed by atoms with van der Waals surface area (Å²) in [5.41, 5.74) is 7.40. The first-order valence-corrected chi connectivity index (χ1v) is 12.6. The summed E-state index contributed by atoms with van der Waals surface area (Å²) in [7, 11) is 9.22. The van der Waals surface area contributed by atoms with Crippen molar-refractivity contribution in [3.05, 3.63) is 72.6 Å². The van der Waals surface area contributed by atoms with Crippen molar-refractivity contribution < 1.29 is 23.7 Å². The molecule has 0 fully saturated rings. The molecule has 3 aromatic rings. The molecular weight excluding hydrogens is 520 g/mol. The van der Waals surface area contributed by atoms with Crippen molar-refractivity contribution in [1.29, 1.82) is 5.26 Å². The number of thiazole rings is 1. The Hall–Kier alpha value is -4.69. The topological polar surface area (TPSA) is 129 Å². The van der Waals surface area contributed by atoms with Crippen LogP contribution in [0.1, 0.15) is 17.0 Å². The summed E-state index contributed by atoms with van der Waals surface area (Å²) in [5.74, 6) is 0.378. The molecule has 1 aliphatic heterocycles. The molecule has 2 aromatic carbocycles. The summed E-state index contributed by atoms with van der Waals surface area (Å²) in [5, 5.41) is 10.3. The molecule has 0 radical (unpaired) electrons. The predicted molar refractivity (Wildman–Crippen MR) is 148 cm³/mol. The summed E-state index contributed by atoms with van der Waals surface area (Å²) in [4.78, 5) is 28.8. The Labute approximate surface area is 229 Å². The Morgan fingerprint density at radius 1 is 1.03 bits per heavy atom. The van der Waals surface area contributed by atoms with Crippen LogP contribution in [0.4, 0.5) is 0 Å². The minimum atomic E-state index is -0.910. The Bertz CT molecular complexity index is 1710. The van der Waals surface area contributed by atoms with Gasteiger partial charge in [0.1, 0.15) is 10.5 Å². The molecule has 39 heavy (non-hydrogen) atoms. The van der Waals surface area contributed by atoms with E-state index < -0.39 is 11.5 Å². The zero-order valence-corrected chi connectivity index (χ0v) is 23.2. The molecule has 10 nitrogen and oxygen atoms in total. The smallest absolute Gasteiger partial charge is 0.274 e. The number of hydrogen-bond donors (Lipinski definition) is 1. The van der Waals surface area contributed by atoms with Gasteiger partial charge in [0.15, 0.2) is 23.0 Å². The van der Waals surface area contributed by atoms with Crippen molar-refractivity contribution in [2.45, 2.75) is 5.92 Å². The second-order valence-corrected chi connectivity index (χ2v) is 9.71. The van der Waals surface area contributed by atoms with Gasteiger partial charge in [-0.3, -0.25) is 14.2 Å². The number of aromatic nitrogens is 1. The highest BCUT2D eigenvalue weighted by atomic mass is 32.1. The van der Waals surface area contributed by atoms with E-state index in [0.29, 0.717) is 43.3 Å². The number of amides is 1. The SMILES string of the molecule is COc1cccc(/C=c2/sc3n(c2=O)C(N)=C(C#N)C(c2cccc(OC)c2OC)C=3C(=O)N(C)C)c1OC. The number of rotatable bonds is 7. The number of benzene rings is 2. The number of nitriles is 1. The van der Waals surface area contributed by atoms with E-state index in [4.69, 9.17) is 24.7 Å². The first-order valence-electron chi connectivity index (χ1n) is 11.7. The van der Waals surface area contributed by atoms with Crippen LogP contribution in [0.15, 0.2) is 46.8 Å². The molecule has 0 bridgehead atoms. The zero-order valence-electron chi connectivity index (χ0n) is 22.4. The summed E-state index contributed by atoms with van der Waals surface area (Å²) in [6.45, 7) is 0. The van der Waals surface area contributed by atoms with E-state index in [1.165, 1.54) is 37.9 Å². The summed E-state index contributed by atoms with van der Waals surface area (Å²) in [6.07, 6.45) is 1.65. The standard InChI is InChI=1S/C28H28N4O6S/c1-31(2)27(34)22-21(16-10-8-12-19(36-4)24(16)38-6)17(14-29)25(30)32-26(33)20(39-28(22)32)13-15-9-7-11-18(35-3)23(15)37-5/h7-13,21H,30H2,1-6H3/b20-13+. The third-order valence-corrected chi connectivity index (χ3v) is 7.48. The van der Waals surface area contributed by atoms with Gasteiger partial charge < -0.3 is 29.6 Å². The monoisotopic (exact) mass is 548 g/mol. The Kier molecular flexibility index (Phi) is 7.69. The number of nitrogens with zero attached hydrogens (tertiary/aromatic N) is 3. The fourth-order valence-electron chi connectivity index (χ4n) is 4.61. The van der Waals surface area contributed by atoms with Crippen LogP contribution in [0, 0.1) is 11.3 Å². The van der Waals surface area contributed by atoms with Crippen LogP contribution in [0.3, 0.4) is 0 Å². The summed E-state index contributed by atoms with van der Waals surface area (Å²) < 4.78 is 23.9. The lowest BCUT2D eigenvalue weighted by atomic mass is 9.82. The number of methoxy groups -OCH3 is 4. The maximum atomic E-state index is 13.7. The van der Waals surface area contributed by atoms with Gasteiger partial charge in [0.25, 0.3) is 11.5 Å². The van der Waals surface area contributed by atoms with E-state index in [0.717, 1.165) is 11.3 Å². The fraction of sp³-hybridized carbons (Fsp3) is 0.250. The second-order valence-electron chi connectivity index (χ2n) is 8.68. The fourth-order valence-corrected chi connectivity index (χ4v) is 5.77. The molecule has 4 rings (SSSR count). The normalized spacial score (nSPS) is 14.9. The van der Waals surface area contributed by atoms with Gasteiger partial charge in [-0.2, -0.15) is 5.26 Å². The quantitative estimate of drug-likeness (QED) is 0.470. The molecule has 202 valence electrons. The van der Waals surface area contributed by atoms with Gasteiger partial charge in [-0.05, 0) is 18.2 Å². The molecule has 2 heterocycles. The van der Waals surface area contributed by atoms with Crippen molar-refractivity contribution >= 4 is 34.7 Å². The van der Waals surface area contributed by atoms with E-state index in [1.54, 1.807) is 56.6 Å². The Morgan fingerprint density at radius 2 is 1.64 bits per heavy atom. The highest BCUT2D eigenvalue weighted by Gasteiger charge is 2.38. The van der Waals surface area contributed by atoms with Crippen LogP contribution in [0.2, 0.25) is 0 Å². The first-order chi connectivity index (χ1) is 18.7. The summed E-state index contributed by atoms with van der Waals surface area (Å²) in [6, 6.07) is 12.6. The van der Waals surface area contributed by atoms with Crippen molar-refractivity contribution in [3.63, 3.8) is 0 Å². The average Bonchev–Trinajstić information content (AvgIpc) is 3.27. The molecule has 0 spiro atoms. The van der Waals surface area contributed by atoms with Crippen molar-refractivity contribution in [2.75, 3.05) is 42.5 Å². The van der Waals surface area contributed by atoms with Crippen LogP contribution in [0.25, 0.3) is 17.5 Å². The third kappa shape index (κ3) is 4.49. The van der Waals surface area contributed by atoms with E-state index >= 15 is 0 Å². The van der Waals surface area contributed by atoms with Gasteiger partial charge >= 0.3 is 0 Å². The van der Waals surface area contributed by atoms with Crippen LogP contribution >= 0.6 is 11.3 Å². The molecular formula is C28H28N4O6S. The van der Waals surface area contributed by atoms with Crippen LogP contribution in [-0.2, 0) is 4.79 Å². The Balaban J connectivity index is 2.16. The van der Waals surface area contributed by atoms with Gasteiger partial charge in [-0.15, -0.1) is 11.3 Å². The lowest BCUT2D eigenvalue weighted by molar-refractivity contribution is -0.123. The van der Waals surface area contributed by atoms with Gasteiger partial charge in [0, 0.05) is 25.2 Å².